The van der Waals surface area contributed by atoms with Crippen LogP contribution in [0.4, 0.5) is 5.69 Å². The molecule has 1 aliphatic carbocycles. The SMILES string of the molecule is C[C@@H]1[C@H](C)CCC[C@@H]1NC(=O)[C@@H](C)OC(=O)/C=C/c1cc2c(cc1[N+](=O)[O-])OCO2. The van der Waals surface area contributed by atoms with Gasteiger partial charge in [0.05, 0.1) is 16.6 Å². The number of rotatable bonds is 6. The first kappa shape index (κ1) is 21.6. The van der Waals surface area contributed by atoms with E-state index < -0.39 is 17.0 Å². The van der Waals surface area contributed by atoms with Crippen LogP contribution in [0.5, 0.6) is 11.5 Å². The van der Waals surface area contributed by atoms with Gasteiger partial charge in [0.15, 0.2) is 17.6 Å². The first-order valence-electron chi connectivity index (χ1n) is 10.0. The molecular weight excluding hydrogens is 392 g/mol. The number of ether oxygens (including phenoxy) is 3. The molecule has 0 aromatic heterocycles. The molecule has 3 rings (SSSR count). The highest BCUT2D eigenvalue weighted by atomic mass is 16.7. The second-order valence-electron chi connectivity index (χ2n) is 7.82. The lowest BCUT2D eigenvalue weighted by molar-refractivity contribution is -0.385. The zero-order valence-corrected chi connectivity index (χ0v) is 17.3. The Balaban J connectivity index is 1.60. The number of nitro benzene ring substituents is 1. The molecule has 0 bridgehead atoms. The van der Waals surface area contributed by atoms with Crippen molar-refractivity contribution in [2.75, 3.05) is 6.79 Å². The van der Waals surface area contributed by atoms with Gasteiger partial charge in [-0.25, -0.2) is 4.79 Å². The Hall–Kier alpha value is -3.10. The van der Waals surface area contributed by atoms with Crippen molar-refractivity contribution in [3.63, 3.8) is 0 Å². The molecule has 0 saturated heterocycles. The minimum absolute atomic E-state index is 0.0211. The van der Waals surface area contributed by atoms with E-state index in [1.54, 1.807) is 0 Å². The van der Waals surface area contributed by atoms with Gasteiger partial charge in [-0.1, -0.05) is 26.7 Å². The first-order valence-corrected chi connectivity index (χ1v) is 10.0. The van der Waals surface area contributed by atoms with Gasteiger partial charge in [0, 0.05) is 12.1 Å². The largest absolute Gasteiger partial charge is 0.454 e. The number of nitro groups is 1. The van der Waals surface area contributed by atoms with E-state index in [4.69, 9.17) is 14.2 Å². The monoisotopic (exact) mass is 418 g/mol. The second kappa shape index (κ2) is 9.15. The number of nitrogens with zero attached hydrogens (tertiary/aromatic N) is 1. The van der Waals surface area contributed by atoms with Gasteiger partial charge in [0.25, 0.3) is 11.6 Å². The molecule has 1 heterocycles. The summed E-state index contributed by atoms with van der Waals surface area (Å²) in [5, 5.41) is 14.2. The molecule has 0 radical (unpaired) electrons. The molecule has 1 fully saturated rings. The van der Waals surface area contributed by atoms with Crippen LogP contribution in [-0.2, 0) is 14.3 Å². The summed E-state index contributed by atoms with van der Waals surface area (Å²) >= 11 is 0. The molecule has 1 amide bonds. The van der Waals surface area contributed by atoms with Crippen molar-refractivity contribution in [2.45, 2.75) is 52.2 Å². The van der Waals surface area contributed by atoms with E-state index in [0.717, 1.165) is 25.3 Å². The molecule has 2 aliphatic rings. The molecule has 4 atom stereocenters. The summed E-state index contributed by atoms with van der Waals surface area (Å²) in [6, 6.07) is 2.73. The number of carbonyl (C=O) groups is 2. The zero-order chi connectivity index (χ0) is 21.8. The summed E-state index contributed by atoms with van der Waals surface area (Å²) in [4.78, 5) is 35.3. The maximum atomic E-state index is 12.4. The second-order valence-corrected chi connectivity index (χ2v) is 7.82. The van der Waals surface area contributed by atoms with E-state index in [2.05, 4.69) is 19.2 Å². The highest BCUT2D eigenvalue weighted by molar-refractivity contribution is 5.91. The summed E-state index contributed by atoms with van der Waals surface area (Å²) in [5.41, 5.74) is -0.0576. The van der Waals surface area contributed by atoms with Crippen LogP contribution in [0.1, 0.15) is 45.6 Å². The fourth-order valence-electron chi connectivity index (χ4n) is 3.75. The van der Waals surface area contributed by atoms with Gasteiger partial charge in [-0.15, -0.1) is 0 Å². The van der Waals surface area contributed by atoms with Crippen LogP contribution in [0.25, 0.3) is 6.08 Å². The molecular formula is C21H26N2O7. The number of carbonyl (C=O) groups excluding carboxylic acids is 2. The minimum Gasteiger partial charge on any atom is -0.454 e. The molecule has 1 aromatic carbocycles. The maximum Gasteiger partial charge on any atom is 0.331 e. The van der Waals surface area contributed by atoms with Crippen LogP contribution in [0.15, 0.2) is 18.2 Å². The van der Waals surface area contributed by atoms with Crippen LogP contribution in [-0.4, -0.2) is 35.7 Å². The average Bonchev–Trinajstić information content (AvgIpc) is 3.16. The van der Waals surface area contributed by atoms with Gasteiger partial charge in [0.2, 0.25) is 6.79 Å². The van der Waals surface area contributed by atoms with E-state index in [9.17, 15) is 19.7 Å². The molecule has 0 spiro atoms. The van der Waals surface area contributed by atoms with Crippen molar-refractivity contribution < 1.29 is 28.7 Å². The Kier molecular flexibility index (Phi) is 6.59. The molecule has 1 aliphatic heterocycles. The quantitative estimate of drug-likeness (QED) is 0.326. The van der Waals surface area contributed by atoms with Gasteiger partial charge in [0.1, 0.15) is 0 Å². The molecule has 0 unspecified atom stereocenters. The maximum absolute atomic E-state index is 12.4. The third-order valence-corrected chi connectivity index (χ3v) is 5.81. The smallest absolute Gasteiger partial charge is 0.331 e. The predicted molar refractivity (Wildman–Crippen MR) is 108 cm³/mol. The Morgan fingerprint density at radius 1 is 1.27 bits per heavy atom. The third kappa shape index (κ3) is 4.90. The standard InChI is InChI=1S/C21H26N2O7/c1-12-5-4-6-16(13(12)2)22-21(25)14(3)30-20(24)8-7-15-9-18-19(29-11-28-18)10-17(15)23(26)27/h7-10,12-14,16H,4-6,11H2,1-3H3,(H,22,25)/b8-7+/t12-,13-,14-,16+/m1/s1. The normalized spacial score (nSPS) is 23.8. The lowest BCUT2D eigenvalue weighted by atomic mass is 9.78. The van der Waals surface area contributed by atoms with Gasteiger partial charge in [-0.3, -0.25) is 14.9 Å². The van der Waals surface area contributed by atoms with Crippen molar-refractivity contribution in [1.82, 2.24) is 5.32 Å². The molecule has 1 aromatic rings. The van der Waals surface area contributed by atoms with E-state index >= 15 is 0 Å². The highest BCUT2D eigenvalue weighted by Crippen LogP contribution is 2.38. The molecule has 1 saturated carbocycles. The topological polar surface area (TPSA) is 117 Å². The van der Waals surface area contributed by atoms with Crippen molar-refractivity contribution in [3.8, 4) is 11.5 Å². The number of fused-ring (bicyclic) bond motifs is 1. The fourth-order valence-corrected chi connectivity index (χ4v) is 3.75. The van der Waals surface area contributed by atoms with E-state index in [1.165, 1.54) is 25.1 Å². The van der Waals surface area contributed by atoms with E-state index in [-0.39, 0.29) is 35.7 Å². The zero-order valence-electron chi connectivity index (χ0n) is 17.3. The van der Waals surface area contributed by atoms with Gasteiger partial charge in [-0.2, -0.15) is 0 Å². The fraction of sp³-hybridized carbons (Fsp3) is 0.524. The number of nitrogens with one attached hydrogen (secondary N) is 1. The van der Waals surface area contributed by atoms with E-state index in [0.29, 0.717) is 17.6 Å². The first-order chi connectivity index (χ1) is 14.3. The molecule has 162 valence electrons. The average molecular weight is 418 g/mol. The van der Waals surface area contributed by atoms with Gasteiger partial charge in [-0.05, 0) is 37.3 Å². The predicted octanol–water partition coefficient (Wildman–Crippen LogP) is 3.21. The van der Waals surface area contributed by atoms with Crippen molar-refractivity contribution in [1.29, 1.82) is 0 Å². The molecule has 30 heavy (non-hydrogen) atoms. The van der Waals surface area contributed by atoms with Crippen LogP contribution in [0.2, 0.25) is 0 Å². The Bertz CT molecular complexity index is 867. The summed E-state index contributed by atoms with van der Waals surface area (Å²) < 4.78 is 15.5. The lowest BCUT2D eigenvalue weighted by Gasteiger charge is -2.35. The number of benzene rings is 1. The Morgan fingerprint density at radius 3 is 2.67 bits per heavy atom. The number of hydrogen-bond donors (Lipinski definition) is 1. The van der Waals surface area contributed by atoms with Crippen molar-refractivity contribution >= 4 is 23.6 Å². The minimum atomic E-state index is -0.974. The molecule has 1 N–H and O–H groups in total. The Labute approximate surface area is 174 Å². The summed E-state index contributed by atoms with van der Waals surface area (Å²) in [7, 11) is 0. The van der Waals surface area contributed by atoms with Crippen LogP contribution >= 0.6 is 0 Å². The lowest BCUT2D eigenvalue weighted by Crippen LogP contribution is -2.47. The third-order valence-electron chi connectivity index (χ3n) is 5.81. The van der Waals surface area contributed by atoms with Crippen LogP contribution < -0.4 is 14.8 Å². The molecule has 9 nitrogen and oxygen atoms in total. The highest BCUT2D eigenvalue weighted by Gasteiger charge is 2.30. The summed E-state index contributed by atoms with van der Waals surface area (Å²) in [6.45, 7) is 5.77. The number of hydrogen-bond acceptors (Lipinski definition) is 7. The Morgan fingerprint density at radius 2 is 1.97 bits per heavy atom. The number of esters is 1. The summed E-state index contributed by atoms with van der Waals surface area (Å²) in [5.74, 6) is 0.404. The number of amides is 1. The van der Waals surface area contributed by atoms with Gasteiger partial charge < -0.3 is 19.5 Å². The van der Waals surface area contributed by atoms with E-state index in [1.807, 2.05) is 0 Å². The van der Waals surface area contributed by atoms with Crippen LogP contribution in [0, 0.1) is 22.0 Å². The van der Waals surface area contributed by atoms with Crippen molar-refractivity contribution in [3.05, 3.63) is 33.9 Å². The van der Waals surface area contributed by atoms with Crippen molar-refractivity contribution in [2.24, 2.45) is 11.8 Å². The van der Waals surface area contributed by atoms with Crippen LogP contribution in [0.3, 0.4) is 0 Å². The molecule has 9 heteroatoms. The summed E-state index contributed by atoms with van der Waals surface area (Å²) in [6.07, 6.45) is 4.46. The van der Waals surface area contributed by atoms with Gasteiger partial charge >= 0.3 is 5.97 Å².